The van der Waals surface area contributed by atoms with Gasteiger partial charge in [0.05, 0.1) is 17.3 Å². The van der Waals surface area contributed by atoms with Crippen LogP contribution in [0.4, 0.5) is 13.2 Å². The zero-order chi connectivity index (χ0) is 29.9. The van der Waals surface area contributed by atoms with Crippen LogP contribution in [0.15, 0.2) is 53.5 Å². The molecule has 0 saturated carbocycles. The zero-order valence-corrected chi connectivity index (χ0v) is 25.0. The van der Waals surface area contributed by atoms with Crippen LogP contribution in [0.5, 0.6) is 0 Å². The molecule has 1 aliphatic rings. The van der Waals surface area contributed by atoms with Crippen molar-refractivity contribution in [3.8, 4) is 0 Å². The minimum atomic E-state index is -4.46. The third kappa shape index (κ3) is 8.70. The average molecular weight is 557 g/mol. The number of nitrogens with two attached hydrogens (primary N) is 1. The standard InChI is InChI=1S/C31H41F3N4.C2H6/c1-5-9-22-11-13-23(14-12-22)15-16-24-17-18-25(20-26(24)31(32,33)34)27(7-3)37-29(21(4)6-2)28-10-8-19-38(28)30(35)36;1-2/h7,11-14,17-18,20-21,28H,5-6,8-10,15-16,19H2,1-4H3,(H3,35,36);1-2H3/b27-7-,37-29?;. The summed E-state index contributed by atoms with van der Waals surface area (Å²) in [6.07, 6.45) is 2.79. The molecule has 2 aromatic rings. The normalized spacial score (nSPS) is 16.9. The number of hydrogen-bond donors (Lipinski definition) is 2. The first kappa shape index (κ1) is 33.1. The van der Waals surface area contributed by atoms with E-state index in [1.54, 1.807) is 25.1 Å². The Bertz CT molecular complexity index is 1150. The van der Waals surface area contributed by atoms with Crippen LogP contribution in [-0.4, -0.2) is 29.2 Å². The molecule has 0 radical (unpaired) electrons. The number of nitrogens with zero attached hydrogens (tertiary/aromatic N) is 2. The highest BCUT2D eigenvalue weighted by molar-refractivity contribution is 5.98. The van der Waals surface area contributed by atoms with Crippen LogP contribution in [0.1, 0.15) is 95.0 Å². The first-order valence-electron chi connectivity index (χ1n) is 14.7. The molecule has 0 aliphatic carbocycles. The Morgan fingerprint density at radius 2 is 1.70 bits per heavy atom. The van der Waals surface area contributed by atoms with Crippen molar-refractivity contribution in [1.82, 2.24) is 4.90 Å². The molecule has 4 nitrogen and oxygen atoms in total. The second-order valence-corrected chi connectivity index (χ2v) is 10.2. The van der Waals surface area contributed by atoms with E-state index in [1.807, 2.05) is 30.9 Å². The Morgan fingerprint density at radius 3 is 2.23 bits per heavy atom. The van der Waals surface area contributed by atoms with Crippen molar-refractivity contribution in [1.29, 1.82) is 5.41 Å². The number of likely N-dealkylation sites (tertiary alicyclic amines) is 1. The van der Waals surface area contributed by atoms with E-state index in [2.05, 4.69) is 32.9 Å². The highest BCUT2D eigenvalue weighted by atomic mass is 19.4. The van der Waals surface area contributed by atoms with E-state index in [1.165, 1.54) is 11.6 Å². The van der Waals surface area contributed by atoms with Crippen molar-refractivity contribution < 1.29 is 13.2 Å². The summed E-state index contributed by atoms with van der Waals surface area (Å²) in [6, 6.07) is 12.6. The lowest BCUT2D eigenvalue weighted by Crippen LogP contribution is -2.45. The van der Waals surface area contributed by atoms with Gasteiger partial charge in [0.25, 0.3) is 0 Å². The number of benzene rings is 2. The fraction of sp³-hybridized carbons (Fsp3) is 0.515. The largest absolute Gasteiger partial charge is 0.416 e. The number of rotatable bonds is 10. The van der Waals surface area contributed by atoms with Gasteiger partial charge in [-0.25, -0.2) is 0 Å². The summed E-state index contributed by atoms with van der Waals surface area (Å²) in [5.74, 6) is 0.120. The molecular formula is C33H47F3N4. The van der Waals surface area contributed by atoms with E-state index in [0.29, 0.717) is 36.2 Å². The molecule has 0 bridgehead atoms. The topological polar surface area (TPSA) is 65.5 Å². The Hall–Kier alpha value is -3.09. The maximum atomic E-state index is 14.2. The molecule has 1 heterocycles. The van der Waals surface area contributed by atoms with Crippen LogP contribution in [0.3, 0.4) is 0 Å². The van der Waals surface area contributed by atoms with Gasteiger partial charge in [0.15, 0.2) is 5.96 Å². The Labute approximate surface area is 239 Å². The second-order valence-electron chi connectivity index (χ2n) is 10.2. The van der Waals surface area contributed by atoms with Gasteiger partial charge in [0.1, 0.15) is 0 Å². The fourth-order valence-electron chi connectivity index (χ4n) is 5.18. The van der Waals surface area contributed by atoms with Crippen LogP contribution < -0.4 is 5.73 Å². The molecule has 40 heavy (non-hydrogen) atoms. The average Bonchev–Trinajstić information content (AvgIpc) is 3.44. The summed E-state index contributed by atoms with van der Waals surface area (Å²) in [6.45, 7) is 12.8. The smallest absolute Gasteiger partial charge is 0.370 e. The van der Waals surface area contributed by atoms with Crippen molar-refractivity contribution in [2.45, 2.75) is 98.7 Å². The summed E-state index contributed by atoms with van der Waals surface area (Å²) in [5.41, 5.74) is 9.63. The van der Waals surface area contributed by atoms with E-state index >= 15 is 0 Å². The SMILES string of the molecule is C/C=C(\N=C(C(C)CC)C1CCCN1C(=N)N)c1ccc(CCc2ccc(CCC)cc2)c(C(F)(F)F)c1.CC. The third-order valence-corrected chi connectivity index (χ3v) is 7.50. The lowest BCUT2D eigenvalue weighted by atomic mass is 9.93. The summed E-state index contributed by atoms with van der Waals surface area (Å²) < 4.78 is 42.6. The van der Waals surface area contributed by atoms with Gasteiger partial charge >= 0.3 is 6.18 Å². The van der Waals surface area contributed by atoms with E-state index in [4.69, 9.17) is 16.1 Å². The number of aryl methyl sites for hydroxylation is 3. The molecule has 7 heteroatoms. The van der Waals surface area contributed by atoms with Crippen LogP contribution in [-0.2, 0) is 25.4 Å². The van der Waals surface area contributed by atoms with Crippen molar-refractivity contribution in [3.05, 3.63) is 76.4 Å². The van der Waals surface area contributed by atoms with Crippen molar-refractivity contribution in [2.75, 3.05) is 6.54 Å². The summed E-state index contributed by atoms with van der Waals surface area (Å²) in [5, 5.41) is 7.97. The number of halogens is 3. The van der Waals surface area contributed by atoms with E-state index in [0.717, 1.165) is 43.4 Å². The molecule has 3 rings (SSSR count). The first-order valence-corrected chi connectivity index (χ1v) is 14.7. The van der Waals surface area contributed by atoms with Crippen LogP contribution in [0.25, 0.3) is 5.70 Å². The van der Waals surface area contributed by atoms with Gasteiger partial charge in [-0.1, -0.05) is 83.5 Å². The molecule has 1 fully saturated rings. The molecule has 1 aliphatic heterocycles. The minimum Gasteiger partial charge on any atom is -0.370 e. The fourth-order valence-corrected chi connectivity index (χ4v) is 5.18. The Balaban J connectivity index is 0.00000274. The maximum absolute atomic E-state index is 14.2. The van der Waals surface area contributed by atoms with Gasteiger partial charge in [0, 0.05) is 17.8 Å². The monoisotopic (exact) mass is 556 g/mol. The molecule has 220 valence electrons. The molecule has 3 N–H and O–H groups in total. The van der Waals surface area contributed by atoms with Gasteiger partial charge in [-0.2, -0.15) is 13.2 Å². The highest BCUT2D eigenvalue weighted by Crippen LogP contribution is 2.35. The van der Waals surface area contributed by atoms with Crippen molar-refractivity contribution in [2.24, 2.45) is 16.6 Å². The van der Waals surface area contributed by atoms with E-state index < -0.39 is 11.7 Å². The van der Waals surface area contributed by atoms with Gasteiger partial charge in [0.2, 0.25) is 0 Å². The van der Waals surface area contributed by atoms with Crippen LogP contribution in [0.2, 0.25) is 0 Å². The maximum Gasteiger partial charge on any atom is 0.416 e. The first-order chi connectivity index (χ1) is 19.1. The van der Waals surface area contributed by atoms with Gasteiger partial charge < -0.3 is 10.6 Å². The summed E-state index contributed by atoms with van der Waals surface area (Å²) in [4.78, 5) is 6.78. The van der Waals surface area contributed by atoms with Gasteiger partial charge in [-0.05, 0) is 74.1 Å². The molecule has 0 aromatic heterocycles. The molecule has 2 atom stereocenters. The minimum absolute atomic E-state index is 0.00856. The van der Waals surface area contributed by atoms with Gasteiger partial charge in [-0.15, -0.1) is 0 Å². The van der Waals surface area contributed by atoms with Gasteiger partial charge in [-0.3, -0.25) is 10.4 Å². The summed E-state index contributed by atoms with van der Waals surface area (Å²) >= 11 is 0. The lowest BCUT2D eigenvalue weighted by Gasteiger charge is -2.29. The summed E-state index contributed by atoms with van der Waals surface area (Å²) in [7, 11) is 0. The Kier molecular flexibility index (Phi) is 12.9. The number of hydrogen-bond acceptors (Lipinski definition) is 2. The number of nitrogens with one attached hydrogen (secondary N) is 1. The molecule has 2 unspecified atom stereocenters. The van der Waals surface area contributed by atoms with Crippen LogP contribution in [0, 0.1) is 11.3 Å². The van der Waals surface area contributed by atoms with Crippen molar-refractivity contribution in [3.63, 3.8) is 0 Å². The number of allylic oxidation sites excluding steroid dienone is 1. The number of aliphatic imine (C=N–C) groups is 1. The van der Waals surface area contributed by atoms with E-state index in [9.17, 15) is 13.2 Å². The zero-order valence-electron chi connectivity index (χ0n) is 25.0. The molecule has 1 saturated heterocycles. The quantitative estimate of drug-likeness (QED) is 0.227. The molecule has 0 spiro atoms. The van der Waals surface area contributed by atoms with Crippen LogP contribution >= 0.6 is 0 Å². The van der Waals surface area contributed by atoms with E-state index in [-0.39, 0.29) is 17.9 Å². The third-order valence-electron chi connectivity index (χ3n) is 7.50. The predicted octanol–water partition coefficient (Wildman–Crippen LogP) is 8.68. The highest BCUT2D eigenvalue weighted by Gasteiger charge is 2.34. The molecule has 2 aromatic carbocycles. The molecule has 0 amide bonds. The lowest BCUT2D eigenvalue weighted by molar-refractivity contribution is -0.138. The predicted molar refractivity (Wildman–Crippen MR) is 163 cm³/mol. The number of alkyl halides is 3. The molecular weight excluding hydrogens is 509 g/mol. The second kappa shape index (κ2) is 15.6. The van der Waals surface area contributed by atoms with Crippen molar-refractivity contribution >= 4 is 17.4 Å². The Morgan fingerprint density at radius 1 is 1.07 bits per heavy atom. The number of guanidine groups is 1.